The van der Waals surface area contributed by atoms with Crippen molar-refractivity contribution in [1.29, 1.82) is 0 Å². The molecule has 2 heterocycles. The topological polar surface area (TPSA) is 24.5 Å². The van der Waals surface area contributed by atoms with Crippen molar-refractivity contribution in [2.45, 2.75) is 49.9 Å². The fourth-order valence-corrected chi connectivity index (χ4v) is 4.58. The minimum Gasteiger partial charge on any atom is -0.471 e. The fourth-order valence-electron chi connectivity index (χ4n) is 4.58. The van der Waals surface area contributed by atoms with Gasteiger partial charge in [0.15, 0.2) is 5.72 Å². The summed E-state index contributed by atoms with van der Waals surface area (Å²) in [6, 6.07) is 20.2. The highest BCUT2D eigenvalue weighted by atomic mass is 16.5. The molecule has 1 saturated carbocycles. The molecule has 1 spiro atoms. The Morgan fingerprint density at radius 2 is 1.70 bits per heavy atom. The minimum atomic E-state index is -0.150. The van der Waals surface area contributed by atoms with Gasteiger partial charge in [-0.2, -0.15) is 5.01 Å². The van der Waals surface area contributed by atoms with Gasteiger partial charge in [-0.05, 0) is 30.9 Å². The van der Waals surface area contributed by atoms with E-state index in [0.717, 1.165) is 25.0 Å². The maximum absolute atomic E-state index is 6.54. The van der Waals surface area contributed by atoms with Gasteiger partial charge >= 0.3 is 0 Å². The highest BCUT2D eigenvalue weighted by molar-refractivity contribution is 5.40. The predicted octanol–water partition coefficient (Wildman–Crippen LogP) is 4.34. The molecule has 23 heavy (non-hydrogen) atoms. The highest BCUT2D eigenvalue weighted by Gasteiger charge is 2.53. The van der Waals surface area contributed by atoms with E-state index < -0.39 is 0 Å². The maximum atomic E-state index is 6.54. The van der Waals surface area contributed by atoms with Crippen LogP contribution >= 0.6 is 0 Å². The molecule has 3 nitrogen and oxygen atoms in total. The summed E-state index contributed by atoms with van der Waals surface area (Å²) in [6.45, 7) is 0. The van der Waals surface area contributed by atoms with Gasteiger partial charge in [0.25, 0.3) is 0 Å². The molecule has 0 unspecified atom stereocenters. The predicted molar refractivity (Wildman–Crippen MR) is 89.8 cm³/mol. The molecule has 1 saturated heterocycles. The number of ether oxygens (including phenoxy) is 1. The van der Waals surface area contributed by atoms with E-state index in [9.17, 15) is 0 Å². The Morgan fingerprint density at radius 3 is 2.52 bits per heavy atom. The van der Waals surface area contributed by atoms with E-state index in [2.05, 4.69) is 65.0 Å². The van der Waals surface area contributed by atoms with Gasteiger partial charge in [0.05, 0.1) is 6.04 Å². The molecule has 1 N–H and O–H groups in total. The Hall–Kier alpha value is -1.84. The van der Waals surface area contributed by atoms with E-state index in [4.69, 9.17) is 4.74 Å². The molecule has 2 aromatic carbocycles. The average molecular weight is 306 g/mol. The summed E-state index contributed by atoms with van der Waals surface area (Å²) in [7, 11) is 0. The molecule has 3 heteroatoms. The Morgan fingerprint density at radius 1 is 0.957 bits per heavy atom. The molecule has 2 aliphatic heterocycles. The van der Waals surface area contributed by atoms with E-state index in [-0.39, 0.29) is 5.72 Å². The second kappa shape index (κ2) is 5.08. The van der Waals surface area contributed by atoms with E-state index in [1.54, 1.807) is 0 Å². The number of rotatable bonds is 1. The Balaban J connectivity index is 1.57. The molecule has 118 valence electrons. The van der Waals surface area contributed by atoms with Crippen molar-refractivity contribution >= 4 is 0 Å². The van der Waals surface area contributed by atoms with Crippen LogP contribution in [0.2, 0.25) is 0 Å². The molecule has 0 bridgehead atoms. The number of hydrazine groups is 1. The zero-order valence-electron chi connectivity index (χ0n) is 13.2. The zero-order chi connectivity index (χ0) is 15.3. The standard InChI is InChI=1S/C20H22N2O/c1-2-8-15(9-3-1)17-14-18-16-10-4-5-11-19(16)23-20(22(18)21-17)12-6-7-13-20/h1-5,8-11,17-18,21H,6-7,12-14H2/t17-,18+/m1/s1. The molecule has 2 atom stereocenters. The van der Waals surface area contributed by atoms with Crippen LogP contribution in [0.15, 0.2) is 54.6 Å². The normalized spacial score (nSPS) is 28.3. The number of hydrogen-bond donors (Lipinski definition) is 1. The van der Waals surface area contributed by atoms with Crippen LogP contribution in [-0.4, -0.2) is 10.7 Å². The molecule has 3 aliphatic rings. The molecule has 0 radical (unpaired) electrons. The number of hydrogen-bond acceptors (Lipinski definition) is 3. The Labute approximate surface area is 137 Å². The molecule has 1 aliphatic carbocycles. The summed E-state index contributed by atoms with van der Waals surface area (Å²) in [6.07, 6.45) is 5.84. The van der Waals surface area contributed by atoms with Gasteiger partial charge in [-0.25, -0.2) is 5.43 Å². The third-order valence-electron chi connectivity index (χ3n) is 5.67. The van der Waals surface area contributed by atoms with Gasteiger partial charge in [0.1, 0.15) is 5.75 Å². The van der Waals surface area contributed by atoms with Crippen molar-refractivity contribution in [1.82, 2.24) is 10.4 Å². The summed E-state index contributed by atoms with van der Waals surface area (Å²) < 4.78 is 6.54. The maximum Gasteiger partial charge on any atom is 0.176 e. The highest BCUT2D eigenvalue weighted by Crippen LogP contribution is 2.52. The lowest BCUT2D eigenvalue weighted by Gasteiger charge is -2.46. The summed E-state index contributed by atoms with van der Waals surface area (Å²) in [5.74, 6) is 1.09. The summed E-state index contributed by atoms with van der Waals surface area (Å²) in [5.41, 5.74) is 6.34. The van der Waals surface area contributed by atoms with Gasteiger partial charge in [0, 0.05) is 24.4 Å². The summed E-state index contributed by atoms with van der Waals surface area (Å²) in [4.78, 5) is 0. The van der Waals surface area contributed by atoms with Crippen LogP contribution in [0.5, 0.6) is 5.75 Å². The smallest absolute Gasteiger partial charge is 0.176 e. The number of para-hydroxylation sites is 1. The number of nitrogens with one attached hydrogen (secondary N) is 1. The Bertz CT molecular complexity index is 709. The van der Waals surface area contributed by atoms with Crippen LogP contribution in [0.1, 0.15) is 55.3 Å². The van der Waals surface area contributed by atoms with E-state index in [0.29, 0.717) is 12.1 Å². The fraction of sp³-hybridized carbons (Fsp3) is 0.400. The summed E-state index contributed by atoms with van der Waals surface area (Å²) in [5, 5.41) is 2.44. The van der Waals surface area contributed by atoms with E-state index >= 15 is 0 Å². The number of fused-ring (bicyclic) bond motifs is 4. The van der Waals surface area contributed by atoms with Crippen LogP contribution in [0.4, 0.5) is 0 Å². The minimum absolute atomic E-state index is 0.150. The van der Waals surface area contributed by atoms with Gasteiger partial charge in [0.2, 0.25) is 0 Å². The van der Waals surface area contributed by atoms with E-state index in [1.165, 1.54) is 24.0 Å². The molecule has 5 rings (SSSR count). The number of nitrogens with zero attached hydrogens (tertiary/aromatic N) is 1. The molecule has 0 aromatic heterocycles. The monoisotopic (exact) mass is 306 g/mol. The van der Waals surface area contributed by atoms with Crippen LogP contribution in [-0.2, 0) is 0 Å². The quantitative estimate of drug-likeness (QED) is 0.848. The first-order chi connectivity index (χ1) is 11.4. The van der Waals surface area contributed by atoms with Crippen molar-refractivity contribution in [2.75, 3.05) is 0 Å². The van der Waals surface area contributed by atoms with E-state index in [1.807, 2.05) is 0 Å². The molecule has 2 aromatic rings. The first kappa shape index (κ1) is 13.6. The van der Waals surface area contributed by atoms with Crippen molar-refractivity contribution in [3.05, 3.63) is 65.7 Å². The van der Waals surface area contributed by atoms with Gasteiger partial charge in [-0.1, -0.05) is 48.5 Å². The molecule has 2 fully saturated rings. The first-order valence-corrected chi connectivity index (χ1v) is 8.74. The van der Waals surface area contributed by atoms with Gasteiger partial charge < -0.3 is 4.74 Å². The third kappa shape index (κ3) is 2.03. The summed E-state index contributed by atoms with van der Waals surface area (Å²) >= 11 is 0. The van der Waals surface area contributed by atoms with Crippen molar-refractivity contribution < 1.29 is 4.74 Å². The molecular formula is C20H22N2O. The lowest BCUT2D eigenvalue weighted by atomic mass is 9.94. The first-order valence-electron chi connectivity index (χ1n) is 8.74. The SMILES string of the molecule is c1ccc([C@H]2C[C@H]3c4ccccc4OC4(CCCC4)N3N2)cc1. The zero-order valence-corrected chi connectivity index (χ0v) is 13.2. The second-order valence-corrected chi connectivity index (χ2v) is 7.01. The third-order valence-corrected chi connectivity index (χ3v) is 5.67. The number of benzene rings is 2. The lowest BCUT2D eigenvalue weighted by molar-refractivity contribution is -0.133. The lowest BCUT2D eigenvalue weighted by Crippen LogP contribution is -2.57. The van der Waals surface area contributed by atoms with Gasteiger partial charge in [-0.3, -0.25) is 0 Å². The van der Waals surface area contributed by atoms with Crippen molar-refractivity contribution in [2.24, 2.45) is 0 Å². The van der Waals surface area contributed by atoms with Crippen molar-refractivity contribution in [3.8, 4) is 5.75 Å². The van der Waals surface area contributed by atoms with Crippen molar-refractivity contribution in [3.63, 3.8) is 0 Å². The van der Waals surface area contributed by atoms with Crippen LogP contribution in [0.25, 0.3) is 0 Å². The largest absolute Gasteiger partial charge is 0.471 e. The second-order valence-electron chi connectivity index (χ2n) is 7.01. The molecular weight excluding hydrogens is 284 g/mol. The van der Waals surface area contributed by atoms with Crippen LogP contribution in [0.3, 0.4) is 0 Å². The van der Waals surface area contributed by atoms with Crippen LogP contribution < -0.4 is 10.2 Å². The van der Waals surface area contributed by atoms with Gasteiger partial charge in [-0.15, -0.1) is 0 Å². The Kier molecular flexibility index (Phi) is 3.00. The van der Waals surface area contributed by atoms with Crippen LogP contribution in [0, 0.1) is 0 Å². The average Bonchev–Trinajstić information content (AvgIpc) is 3.24. The molecule has 0 amide bonds.